The lowest BCUT2D eigenvalue weighted by atomic mass is 9.97. The molecule has 0 fully saturated rings. The van der Waals surface area contributed by atoms with Gasteiger partial charge in [0.1, 0.15) is 5.75 Å². The summed E-state index contributed by atoms with van der Waals surface area (Å²) in [6, 6.07) is 7.70. The quantitative estimate of drug-likeness (QED) is 0.712. The summed E-state index contributed by atoms with van der Waals surface area (Å²) in [7, 11) is 3.03. The van der Waals surface area contributed by atoms with Gasteiger partial charge in [0.15, 0.2) is 0 Å². The fraction of sp³-hybridized carbons (Fsp3) is 0.417. The molecule has 1 rings (SSSR count). The van der Waals surface area contributed by atoms with Gasteiger partial charge in [-0.1, -0.05) is 25.1 Å². The number of ether oxygens (including phenoxy) is 2. The highest BCUT2D eigenvalue weighted by Crippen LogP contribution is 2.28. The minimum atomic E-state index is -0.201. The molecule has 3 heteroatoms. The van der Waals surface area contributed by atoms with Crippen LogP contribution in [0.3, 0.4) is 0 Å². The van der Waals surface area contributed by atoms with E-state index in [4.69, 9.17) is 4.74 Å². The fourth-order valence-corrected chi connectivity index (χ4v) is 1.52. The summed E-state index contributed by atoms with van der Waals surface area (Å²) in [5.41, 5.74) is 1.03. The summed E-state index contributed by atoms with van der Waals surface area (Å²) in [4.78, 5) is 11.1. The third-order valence-electron chi connectivity index (χ3n) is 2.37. The normalized spacial score (nSPS) is 11.9. The zero-order chi connectivity index (χ0) is 11.3. The first kappa shape index (κ1) is 11.6. The molecule has 0 radical (unpaired) electrons. The van der Waals surface area contributed by atoms with E-state index in [0.29, 0.717) is 6.42 Å². The topological polar surface area (TPSA) is 35.5 Å². The third kappa shape index (κ3) is 2.98. The van der Waals surface area contributed by atoms with Crippen LogP contribution in [0.15, 0.2) is 24.3 Å². The van der Waals surface area contributed by atoms with Crippen LogP contribution in [0.5, 0.6) is 5.75 Å². The summed E-state index contributed by atoms with van der Waals surface area (Å²) in [5, 5.41) is 0. The molecule has 1 aromatic carbocycles. The van der Waals surface area contributed by atoms with Crippen LogP contribution >= 0.6 is 0 Å². The molecule has 0 aliphatic rings. The summed E-state index contributed by atoms with van der Waals surface area (Å²) in [6.45, 7) is 1.98. The highest BCUT2D eigenvalue weighted by Gasteiger charge is 2.14. The van der Waals surface area contributed by atoms with Gasteiger partial charge < -0.3 is 9.47 Å². The first-order chi connectivity index (χ1) is 7.19. The number of methoxy groups -OCH3 is 2. The molecule has 1 unspecified atom stereocenters. The molecule has 0 aliphatic carbocycles. The Bertz CT molecular complexity index is 333. The standard InChI is InChI=1S/C12H16O3/c1-9(8-12(13)15-3)10-6-4-5-7-11(10)14-2/h4-7,9H,8H2,1-3H3. The minimum Gasteiger partial charge on any atom is -0.496 e. The number of hydrogen-bond donors (Lipinski definition) is 0. The largest absolute Gasteiger partial charge is 0.496 e. The van der Waals surface area contributed by atoms with Gasteiger partial charge in [-0.2, -0.15) is 0 Å². The first-order valence-corrected chi connectivity index (χ1v) is 4.88. The van der Waals surface area contributed by atoms with Crippen molar-refractivity contribution in [2.24, 2.45) is 0 Å². The monoisotopic (exact) mass is 208 g/mol. The SMILES string of the molecule is COC(=O)CC(C)c1ccccc1OC. The number of rotatable bonds is 4. The Hall–Kier alpha value is -1.51. The van der Waals surface area contributed by atoms with Crippen molar-refractivity contribution in [1.82, 2.24) is 0 Å². The molecule has 0 saturated carbocycles. The lowest BCUT2D eigenvalue weighted by Crippen LogP contribution is -2.07. The lowest BCUT2D eigenvalue weighted by Gasteiger charge is -2.14. The van der Waals surface area contributed by atoms with E-state index in [2.05, 4.69) is 4.74 Å². The van der Waals surface area contributed by atoms with Crippen LogP contribution in [0, 0.1) is 0 Å². The highest BCUT2D eigenvalue weighted by molar-refractivity contribution is 5.70. The van der Waals surface area contributed by atoms with Crippen molar-refractivity contribution >= 4 is 5.97 Å². The summed E-state index contributed by atoms with van der Waals surface area (Å²) in [5.74, 6) is 0.718. The van der Waals surface area contributed by atoms with Gasteiger partial charge >= 0.3 is 5.97 Å². The van der Waals surface area contributed by atoms with E-state index in [9.17, 15) is 4.79 Å². The second-order valence-electron chi connectivity index (χ2n) is 3.42. The summed E-state index contributed by atoms with van der Waals surface area (Å²) >= 11 is 0. The van der Waals surface area contributed by atoms with Crippen LogP contribution in [0.4, 0.5) is 0 Å². The summed E-state index contributed by atoms with van der Waals surface area (Å²) < 4.78 is 9.87. The van der Waals surface area contributed by atoms with Gasteiger partial charge in [0.25, 0.3) is 0 Å². The van der Waals surface area contributed by atoms with Crippen molar-refractivity contribution in [2.45, 2.75) is 19.3 Å². The van der Waals surface area contributed by atoms with Gasteiger partial charge in [-0.15, -0.1) is 0 Å². The molecule has 0 aromatic heterocycles. The molecule has 0 bridgehead atoms. The van der Waals surface area contributed by atoms with E-state index in [0.717, 1.165) is 11.3 Å². The van der Waals surface area contributed by atoms with Gasteiger partial charge in [0.05, 0.1) is 20.6 Å². The van der Waals surface area contributed by atoms with E-state index < -0.39 is 0 Å². The molecule has 0 saturated heterocycles. The average Bonchev–Trinajstić information content (AvgIpc) is 2.28. The van der Waals surface area contributed by atoms with Crippen LogP contribution in [-0.4, -0.2) is 20.2 Å². The van der Waals surface area contributed by atoms with Gasteiger partial charge in [0, 0.05) is 0 Å². The van der Waals surface area contributed by atoms with E-state index in [1.165, 1.54) is 7.11 Å². The Morgan fingerprint density at radius 3 is 2.60 bits per heavy atom. The molecule has 0 aliphatic heterocycles. The number of carbonyl (C=O) groups excluding carboxylic acids is 1. The molecule has 82 valence electrons. The zero-order valence-electron chi connectivity index (χ0n) is 9.32. The number of para-hydroxylation sites is 1. The van der Waals surface area contributed by atoms with Crippen molar-refractivity contribution in [1.29, 1.82) is 0 Å². The van der Waals surface area contributed by atoms with Crippen LogP contribution in [-0.2, 0) is 9.53 Å². The van der Waals surface area contributed by atoms with Gasteiger partial charge in [-0.25, -0.2) is 0 Å². The molecule has 0 spiro atoms. The highest BCUT2D eigenvalue weighted by atomic mass is 16.5. The van der Waals surface area contributed by atoms with Crippen LogP contribution in [0.25, 0.3) is 0 Å². The second kappa shape index (κ2) is 5.39. The number of carbonyl (C=O) groups is 1. The molecular formula is C12H16O3. The maximum atomic E-state index is 11.1. The van der Waals surface area contributed by atoms with Crippen LogP contribution in [0.2, 0.25) is 0 Å². The van der Waals surface area contributed by atoms with Crippen molar-refractivity contribution in [3.05, 3.63) is 29.8 Å². The minimum absolute atomic E-state index is 0.105. The Labute approximate surface area is 90.0 Å². The van der Waals surface area contributed by atoms with Crippen molar-refractivity contribution < 1.29 is 14.3 Å². The molecule has 1 atom stereocenters. The van der Waals surface area contributed by atoms with Crippen molar-refractivity contribution in [3.63, 3.8) is 0 Å². The average molecular weight is 208 g/mol. The molecular weight excluding hydrogens is 192 g/mol. The first-order valence-electron chi connectivity index (χ1n) is 4.88. The fourth-order valence-electron chi connectivity index (χ4n) is 1.52. The Morgan fingerprint density at radius 1 is 1.33 bits per heavy atom. The van der Waals surface area contributed by atoms with Gasteiger partial charge in [-0.3, -0.25) is 4.79 Å². The Kier molecular flexibility index (Phi) is 4.16. The number of hydrogen-bond acceptors (Lipinski definition) is 3. The summed E-state index contributed by atoms with van der Waals surface area (Å²) in [6.07, 6.45) is 0.372. The van der Waals surface area contributed by atoms with Crippen LogP contribution in [0.1, 0.15) is 24.8 Å². The predicted molar refractivity (Wildman–Crippen MR) is 58.0 cm³/mol. The van der Waals surface area contributed by atoms with Crippen molar-refractivity contribution in [2.75, 3.05) is 14.2 Å². The van der Waals surface area contributed by atoms with E-state index in [-0.39, 0.29) is 11.9 Å². The molecule has 0 heterocycles. The molecule has 1 aromatic rings. The maximum Gasteiger partial charge on any atom is 0.306 e. The van der Waals surface area contributed by atoms with E-state index >= 15 is 0 Å². The van der Waals surface area contributed by atoms with Crippen molar-refractivity contribution in [3.8, 4) is 5.75 Å². The third-order valence-corrected chi connectivity index (χ3v) is 2.37. The Morgan fingerprint density at radius 2 is 2.00 bits per heavy atom. The molecule has 15 heavy (non-hydrogen) atoms. The molecule has 3 nitrogen and oxygen atoms in total. The maximum absolute atomic E-state index is 11.1. The lowest BCUT2D eigenvalue weighted by molar-refractivity contribution is -0.140. The predicted octanol–water partition coefficient (Wildman–Crippen LogP) is 2.36. The Balaban J connectivity index is 2.80. The van der Waals surface area contributed by atoms with E-state index in [1.807, 2.05) is 31.2 Å². The zero-order valence-corrected chi connectivity index (χ0v) is 9.32. The molecule has 0 N–H and O–H groups in total. The second-order valence-corrected chi connectivity index (χ2v) is 3.42. The van der Waals surface area contributed by atoms with Crippen LogP contribution < -0.4 is 4.74 Å². The van der Waals surface area contributed by atoms with Gasteiger partial charge in [0.2, 0.25) is 0 Å². The molecule has 0 amide bonds. The van der Waals surface area contributed by atoms with E-state index in [1.54, 1.807) is 7.11 Å². The smallest absolute Gasteiger partial charge is 0.306 e. The van der Waals surface area contributed by atoms with Gasteiger partial charge in [-0.05, 0) is 17.5 Å². The number of esters is 1. The number of benzene rings is 1.